The third-order valence-corrected chi connectivity index (χ3v) is 4.54. The number of benzene rings is 2. The molecule has 0 spiro atoms. The minimum atomic E-state index is -4.50. The molecular weight excluding hydrogens is 447 g/mol. The number of hydrogen-bond donors (Lipinski definition) is 3. The lowest BCUT2D eigenvalue weighted by atomic mass is 10.1. The summed E-state index contributed by atoms with van der Waals surface area (Å²) in [4.78, 5) is 12.1. The van der Waals surface area contributed by atoms with E-state index in [1.807, 2.05) is 12.1 Å². The lowest BCUT2D eigenvalue weighted by Crippen LogP contribution is -2.50. The van der Waals surface area contributed by atoms with Crippen LogP contribution < -0.4 is 30.4 Å². The Labute approximate surface area is 189 Å². The van der Waals surface area contributed by atoms with Crippen molar-refractivity contribution in [1.29, 1.82) is 0 Å². The van der Waals surface area contributed by atoms with Gasteiger partial charge in [-0.3, -0.25) is 15.6 Å². The zero-order valence-electron chi connectivity index (χ0n) is 17.7. The molecule has 0 heterocycles. The number of carbonyl (C=O) groups excluding carboxylic acids is 1. The molecule has 0 bridgehead atoms. The van der Waals surface area contributed by atoms with Crippen LogP contribution in [0.5, 0.6) is 17.2 Å². The van der Waals surface area contributed by atoms with Crippen LogP contribution in [0.3, 0.4) is 0 Å². The maximum Gasteiger partial charge on any atom is 0.416 e. The molecule has 0 radical (unpaired) electrons. The highest BCUT2D eigenvalue weighted by molar-refractivity contribution is 7.80. The molecule has 2 rings (SSSR count). The van der Waals surface area contributed by atoms with Crippen LogP contribution in [-0.4, -0.2) is 37.9 Å². The molecule has 3 N–H and O–H groups in total. The molecule has 1 atom stereocenters. The predicted octanol–water partition coefficient (Wildman–Crippen LogP) is 3.23. The molecule has 0 saturated heterocycles. The average Bonchev–Trinajstić information content (AvgIpc) is 2.76. The van der Waals surface area contributed by atoms with Crippen molar-refractivity contribution in [2.24, 2.45) is 0 Å². The normalized spacial score (nSPS) is 11.8. The van der Waals surface area contributed by atoms with Crippen molar-refractivity contribution >= 4 is 23.2 Å². The van der Waals surface area contributed by atoms with Gasteiger partial charge in [-0.2, -0.15) is 13.2 Å². The van der Waals surface area contributed by atoms with Gasteiger partial charge in [0, 0.05) is 6.54 Å². The van der Waals surface area contributed by atoms with E-state index in [2.05, 4.69) is 16.2 Å². The molecule has 0 aliphatic rings. The van der Waals surface area contributed by atoms with Gasteiger partial charge in [-0.15, -0.1) is 0 Å². The first-order chi connectivity index (χ1) is 15.1. The maximum absolute atomic E-state index is 12.8. The molecule has 0 unspecified atom stereocenters. The number of carbonyl (C=O) groups is 1. The Balaban J connectivity index is 1.76. The first-order valence-electron chi connectivity index (χ1n) is 9.52. The molecule has 7 nitrogen and oxygen atoms in total. The smallest absolute Gasteiger partial charge is 0.416 e. The van der Waals surface area contributed by atoms with E-state index in [4.69, 9.17) is 26.4 Å². The summed E-state index contributed by atoms with van der Waals surface area (Å²) in [6.45, 7) is 1.89. The quantitative estimate of drug-likeness (QED) is 0.403. The molecule has 0 aliphatic heterocycles. The van der Waals surface area contributed by atoms with Crippen LogP contribution in [0.2, 0.25) is 0 Å². The fraction of sp³-hybridized carbons (Fsp3) is 0.333. The summed E-state index contributed by atoms with van der Waals surface area (Å²) in [5, 5.41) is 3.10. The van der Waals surface area contributed by atoms with Crippen molar-refractivity contribution in [2.75, 3.05) is 20.8 Å². The molecule has 2 aromatic rings. The number of alkyl halides is 3. The summed E-state index contributed by atoms with van der Waals surface area (Å²) in [6.07, 6.45) is -4.92. The van der Waals surface area contributed by atoms with Gasteiger partial charge in [0.05, 0.1) is 19.8 Å². The third kappa shape index (κ3) is 7.49. The van der Waals surface area contributed by atoms with Crippen molar-refractivity contribution in [3.63, 3.8) is 0 Å². The van der Waals surface area contributed by atoms with Crippen LogP contribution in [0.4, 0.5) is 13.2 Å². The van der Waals surface area contributed by atoms with E-state index < -0.39 is 23.8 Å². The van der Waals surface area contributed by atoms with Gasteiger partial charge >= 0.3 is 6.18 Å². The van der Waals surface area contributed by atoms with Crippen molar-refractivity contribution in [3.05, 3.63) is 53.6 Å². The fourth-order valence-electron chi connectivity index (χ4n) is 2.62. The number of nitrogens with one attached hydrogen (secondary N) is 3. The van der Waals surface area contributed by atoms with E-state index in [-0.39, 0.29) is 10.9 Å². The Bertz CT molecular complexity index is 941. The molecule has 0 saturated carbocycles. The summed E-state index contributed by atoms with van der Waals surface area (Å²) in [5.41, 5.74) is 5.01. The van der Waals surface area contributed by atoms with Crippen molar-refractivity contribution in [1.82, 2.24) is 16.2 Å². The van der Waals surface area contributed by atoms with Gasteiger partial charge in [0.1, 0.15) is 5.75 Å². The highest BCUT2D eigenvalue weighted by Gasteiger charge is 2.30. The lowest BCUT2D eigenvalue weighted by Gasteiger charge is -2.17. The van der Waals surface area contributed by atoms with Gasteiger partial charge in [-0.1, -0.05) is 12.1 Å². The minimum Gasteiger partial charge on any atom is -0.493 e. The molecule has 174 valence electrons. The summed E-state index contributed by atoms with van der Waals surface area (Å²) >= 11 is 5.10. The van der Waals surface area contributed by atoms with Crippen molar-refractivity contribution in [3.8, 4) is 17.2 Å². The Kier molecular flexibility index (Phi) is 8.94. The van der Waals surface area contributed by atoms with Gasteiger partial charge in [0.2, 0.25) is 0 Å². The summed E-state index contributed by atoms with van der Waals surface area (Å²) in [6, 6.07) is 9.85. The van der Waals surface area contributed by atoms with E-state index in [1.54, 1.807) is 20.3 Å². The standard InChI is InChI=1S/C21H24F3N3O4S/c1-13(31-16-6-4-5-15(12-16)21(22,23)24)19(28)26-27-20(32)25-10-9-14-7-8-17(29-2)18(11-14)30-3/h4-8,11-13H,9-10H2,1-3H3,(H,26,28)(H2,25,27,32)/t13-/m0/s1. The second-order valence-electron chi connectivity index (χ2n) is 6.60. The lowest BCUT2D eigenvalue weighted by molar-refractivity contribution is -0.137. The number of methoxy groups -OCH3 is 2. The average molecular weight is 472 g/mol. The Morgan fingerprint density at radius 1 is 1.06 bits per heavy atom. The molecule has 0 aliphatic carbocycles. The van der Waals surface area contributed by atoms with Crippen molar-refractivity contribution < 1.29 is 32.2 Å². The number of hydrazine groups is 1. The number of halogens is 3. The minimum absolute atomic E-state index is 0.0712. The number of thiocarbonyl (C=S) groups is 1. The SMILES string of the molecule is COc1ccc(CCNC(=S)NNC(=O)[C@H](C)Oc2cccc(C(F)(F)F)c2)cc1OC. The monoisotopic (exact) mass is 471 g/mol. The largest absolute Gasteiger partial charge is 0.493 e. The van der Waals surface area contributed by atoms with E-state index in [0.717, 1.165) is 17.7 Å². The van der Waals surface area contributed by atoms with Crippen LogP contribution in [-0.2, 0) is 17.4 Å². The van der Waals surface area contributed by atoms with Crippen LogP contribution >= 0.6 is 12.2 Å². The zero-order chi connectivity index (χ0) is 23.7. The topological polar surface area (TPSA) is 80.9 Å². The summed E-state index contributed by atoms with van der Waals surface area (Å²) in [5.74, 6) is 0.572. The number of rotatable bonds is 8. The second kappa shape index (κ2) is 11.4. The molecule has 11 heteroatoms. The van der Waals surface area contributed by atoms with E-state index in [0.29, 0.717) is 24.5 Å². The predicted molar refractivity (Wildman–Crippen MR) is 117 cm³/mol. The highest BCUT2D eigenvalue weighted by atomic mass is 32.1. The molecular formula is C21H24F3N3O4S. The molecule has 1 amide bonds. The van der Waals surface area contributed by atoms with E-state index in [9.17, 15) is 18.0 Å². The zero-order valence-corrected chi connectivity index (χ0v) is 18.5. The van der Waals surface area contributed by atoms with E-state index >= 15 is 0 Å². The number of hydrogen-bond acceptors (Lipinski definition) is 5. The van der Waals surface area contributed by atoms with E-state index in [1.165, 1.54) is 19.1 Å². The first-order valence-corrected chi connectivity index (χ1v) is 9.93. The van der Waals surface area contributed by atoms with Crippen LogP contribution in [0, 0.1) is 0 Å². The van der Waals surface area contributed by atoms with Crippen molar-refractivity contribution in [2.45, 2.75) is 25.6 Å². The summed E-state index contributed by atoms with van der Waals surface area (Å²) in [7, 11) is 3.11. The Hall–Kier alpha value is -3.21. The molecule has 0 fully saturated rings. The van der Waals surface area contributed by atoms with Gasteiger partial charge in [0.15, 0.2) is 22.7 Å². The van der Waals surface area contributed by atoms with Crippen LogP contribution in [0.1, 0.15) is 18.1 Å². The van der Waals surface area contributed by atoms with Gasteiger partial charge < -0.3 is 19.5 Å². The maximum atomic E-state index is 12.8. The molecule has 0 aromatic heterocycles. The first kappa shape index (κ1) is 25.1. The fourth-order valence-corrected chi connectivity index (χ4v) is 2.78. The third-order valence-electron chi connectivity index (χ3n) is 4.29. The summed E-state index contributed by atoms with van der Waals surface area (Å²) < 4.78 is 54.1. The molecule has 2 aromatic carbocycles. The highest BCUT2D eigenvalue weighted by Crippen LogP contribution is 2.31. The Morgan fingerprint density at radius 2 is 1.78 bits per heavy atom. The number of amides is 1. The van der Waals surface area contributed by atoms with Gasteiger partial charge in [-0.05, 0) is 61.5 Å². The van der Waals surface area contributed by atoms with Gasteiger partial charge in [-0.25, -0.2) is 0 Å². The molecule has 32 heavy (non-hydrogen) atoms. The second-order valence-corrected chi connectivity index (χ2v) is 7.00. The van der Waals surface area contributed by atoms with Crippen LogP contribution in [0.25, 0.3) is 0 Å². The van der Waals surface area contributed by atoms with Gasteiger partial charge in [0.25, 0.3) is 5.91 Å². The number of ether oxygens (including phenoxy) is 3. The van der Waals surface area contributed by atoms with Crippen LogP contribution in [0.15, 0.2) is 42.5 Å². The Morgan fingerprint density at radius 3 is 2.44 bits per heavy atom.